The van der Waals surface area contributed by atoms with Gasteiger partial charge in [-0.3, -0.25) is 4.90 Å². The summed E-state index contributed by atoms with van der Waals surface area (Å²) in [6.07, 6.45) is 5.41. The fourth-order valence-corrected chi connectivity index (χ4v) is 4.88. The Morgan fingerprint density at radius 2 is 2.36 bits per heavy atom. The van der Waals surface area contributed by atoms with Gasteiger partial charge in [-0.2, -0.15) is 0 Å². The number of rotatable bonds is 5. The molecule has 2 aliphatic rings. The van der Waals surface area contributed by atoms with E-state index in [1.54, 1.807) is 17.5 Å². The van der Waals surface area contributed by atoms with Crippen LogP contribution in [0.25, 0.3) is 0 Å². The lowest BCUT2D eigenvalue weighted by atomic mass is 9.73. The molecule has 134 valence electrons. The van der Waals surface area contributed by atoms with Crippen molar-refractivity contribution in [3.63, 3.8) is 0 Å². The number of thiazole rings is 1. The van der Waals surface area contributed by atoms with Crippen molar-refractivity contribution in [1.29, 1.82) is 0 Å². The van der Waals surface area contributed by atoms with Crippen LogP contribution in [-0.2, 0) is 11.3 Å². The van der Waals surface area contributed by atoms with Crippen LogP contribution < -0.4 is 4.74 Å². The molecule has 0 N–H and O–H groups in total. The normalized spacial score (nSPS) is 27.0. The van der Waals surface area contributed by atoms with Gasteiger partial charge in [0, 0.05) is 48.8 Å². The van der Waals surface area contributed by atoms with Crippen molar-refractivity contribution in [2.24, 2.45) is 5.41 Å². The van der Waals surface area contributed by atoms with Crippen LogP contribution in [0.2, 0.25) is 0 Å². The Balaban J connectivity index is 1.48. The third kappa shape index (κ3) is 3.71. The number of likely N-dealkylation sites (tertiary alicyclic amines) is 1. The largest absolute Gasteiger partial charge is 0.477 e. The Bertz CT molecular complexity index is 693. The van der Waals surface area contributed by atoms with E-state index in [0.29, 0.717) is 18.6 Å². The van der Waals surface area contributed by atoms with E-state index < -0.39 is 0 Å². The molecule has 2 fully saturated rings. The van der Waals surface area contributed by atoms with Crippen LogP contribution in [-0.4, -0.2) is 47.3 Å². The number of aromatic nitrogens is 2. The molecule has 0 spiro atoms. The zero-order chi connectivity index (χ0) is 17.1. The predicted molar refractivity (Wildman–Crippen MR) is 97.9 cm³/mol. The standard InChI is InChI=1S/C19H25N3O2S/c1-15-16(25-14-21-15)11-22-9-6-17-19(12-22,7-4-10-23-17)13-24-18-5-2-3-8-20-18/h2-3,5,8,14,17H,4,6-7,9-13H2,1H3/t17-,19+/m1/s1. The molecule has 0 unspecified atom stereocenters. The van der Waals surface area contributed by atoms with Gasteiger partial charge in [0.2, 0.25) is 5.88 Å². The lowest BCUT2D eigenvalue weighted by Gasteiger charge is -2.50. The van der Waals surface area contributed by atoms with Crippen LogP contribution in [0.1, 0.15) is 29.8 Å². The maximum atomic E-state index is 6.14. The molecule has 0 aliphatic carbocycles. The minimum Gasteiger partial charge on any atom is -0.477 e. The highest BCUT2D eigenvalue weighted by atomic mass is 32.1. The first kappa shape index (κ1) is 16.9. The summed E-state index contributed by atoms with van der Waals surface area (Å²) < 4.78 is 12.2. The summed E-state index contributed by atoms with van der Waals surface area (Å²) in [5.41, 5.74) is 3.17. The molecule has 0 bridgehead atoms. The molecule has 2 aromatic heterocycles. The number of hydrogen-bond donors (Lipinski definition) is 0. The van der Waals surface area contributed by atoms with Crippen LogP contribution in [0, 0.1) is 12.3 Å². The highest BCUT2D eigenvalue weighted by Crippen LogP contribution is 2.41. The number of pyridine rings is 1. The molecule has 0 aromatic carbocycles. The van der Waals surface area contributed by atoms with Crippen molar-refractivity contribution in [2.75, 3.05) is 26.3 Å². The molecule has 0 saturated carbocycles. The fourth-order valence-electron chi connectivity index (χ4n) is 4.06. The third-order valence-corrected chi connectivity index (χ3v) is 6.34. The van der Waals surface area contributed by atoms with E-state index in [4.69, 9.17) is 9.47 Å². The van der Waals surface area contributed by atoms with Crippen molar-refractivity contribution in [2.45, 2.75) is 38.8 Å². The number of fused-ring (bicyclic) bond motifs is 1. The molecule has 0 radical (unpaired) electrons. The summed E-state index contributed by atoms with van der Waals surface area (Å²) in [7, 11) is 0. The number of ether oxygens (including phenoxy) is 2. The summed E-state index contributed by atoms with van der Waals surface area (Å²) in [5, 5.41) is 0. The maximum Gasteiger partial charge on any atom is 0.213 e. The lowest BCUT2D eigenvalue weighted by Crippen LogP contribution is -2.57. The highest BCUT2D eigenvalue weighted by Gasteiger charge is 2.46. The first-order valence-corrected chi connectivity index (χ1v) is 9.90. The lowest BCUT2D eigenvalue weighted by molar-refractivity contribution is -0.141. The molecule has 4 heterocycles. The molecular weight excluding hydrogens is 334 g/mol. The SMILES string of the molecule is Cc1ncsc1CN1CC[C@H]2OCCC[C@@]2(COc2ccccn2)C1. The van der Waals surface area contributed by atoms with E-state index in [1.807, 2.05) is 23.7 Å². The predicted octanol–water partition coefficient (Wildman–Crippen LogP) is 3.30. The molecule has 6 heteroatoms. The third-order valence-electron chi connectivity index (χ3n) is 5.42. The number of hydrogen-bond acceptors (Lipinski definition) is 6. The van der Waals surface area contributed by atoms with Crippen LogP contribution in [0.4, 0.5) is 0 Å². The van der Waals surface area contributed by atoms with Gasteiger partial charge in [0.1, 0.15) is 0 Å². The van der Waals surface area contributed by atoms with Gasteiger partial charge in [-0.15, -0.1) is 11.3 Å². The Morgan fingerprint density at radius 3 is 3.16 bits per heavy atom. The van der Waals surface area contributed by atoms with Crippen molar-refractivity contribution >= 4 is 11.3 Å². The quantitative estimate of drug-likeness (QED) is 0.820. The highest BCUT2D eigenvalue weighted by molar-refractivity contribution is 7.09. The first-order chi connectivity index (χ1) is 12.3. The van der Waals surface area contributed by atoms with Crippen LogP contribution in [0.5, 0.6) is 5.88 Å². The topological polar surface area (TPSA) is 47.5 Å². The molecule has 5 nitrogen and oxygen atoms in total. The zero-order valence-electron chi connectivity index (χ0n) is 14.7. The number of aryl methyl sites for hydroxylation is 1. The molecule has 2 atom stereocenters. The summed E-state index contributed by atoms with van der Waals surface area (Å²) in [6.45, 7) is 6.73. The van der Waals surface area contributed by atoms with E-state index in [2.05, 4.69) is 21.8 Å². The Hall–Kier alpha value is -1.50. The van der Waals surface area contributed by atoms with E-state index >= 15 is 0 Å². The van der Waals surface area contributed by atoms with Gasteiger partial charge in [-0.25, -0.2) is 9.97 Å². The van der Waals surface area contributed by atoms with Crippen molar-refractivity contribution in [3.8, 4) is 5.88 Å². The monoisotopic (exact) mass is 359 g/mol. The average molecular weight is 359 g/mol. The first-order valence-electron chi connectivity index (χ1n) is 9.02. The number of piperidine rings is 1. The summed E-state index contributed by atoms with van der Waals surface area (Å²) >= 11 is 1.76. The summed E-state index contributed by atoms with van der Waals surface area (Å²) in [6, 6.07) is 5.81. The smallest absolute Gasteiger partial charge is 0.213 e. The Kier molecular flexibility index (Phi) is 5.01. The second-order valence-electron chi connectivity index (χ2n) is 7.14. The van der Waals surface area contributed by atoms with Crippen LogP contribution in [0.3, 0.4) is 0 Å². The van der Waals surface area contributed by atoms with Crippen molar-refractivity contribution in [1.82, 2.24) is 14.9 Å². The molecule has 25 heavy (non-hydrogen) atoms. The van der Waals surface area contributed by atoms with E-state index in [-0.39, 0.29) is 5.41 Å². The summed E-state index contributed by atoms with van der Waals surface area (Å²) in [4.78, 5) is 12.6. The molecule has 2 aliphatic heterocycles. The number of nitrogens with zero attached hydrogens (tertiary/aromatic N) is 3. The van der Waals surface area contributed by atoms with E-state index in [9.17, 15) is 0 Å². The van der Waals surface area contributed by atoms with Gasteiger partial charge < -0.3 is 9.47 Å². The van der Waals surface area contributed by atoms with Gasteiger partial charge in [-0.1, -0.05) is 6.07 Å². The van der Waals surface area contributed by atoms with Gasteiger partial charge >= 0.3 is 0 Å². The minimum atomic E-state index is 0.0621. The average Bonchev–Trinajstić information content (AvgIpc) is 3.05. The second-order valence-corrected chi connectivity index (χ2v) is 8.08. The Labute approximate surface area is 153 Å². The van der Waals surface area contributed by atoms with Crippen molar-refractivity contribution in [3.05, 3.63) is 40.5 Å². The summed E-state index contributed by atoms with van der Waals surface area (Å²) in [5.74, 6) is 0.705. The Morgan fingerprint density at radius 1 is 1.40 bits per heavy atom. The van der Waals surface area contributed by atoms with Gasteiger partial charge in [-0.05, 0) is 32.3 Å². The minimum absolute atomic E-state index is 0.0621. The molecular formula is C19H25N3O2S. The zero-order valence-corrected chi connectivity index (χ0v) is 15.5. The van der Waals surface area contributed by atoms with Gasteiger partial charge in [0.05, 0.1) is 23.9 Å². The van der Waals surface area contributed by atoms with Crippen LogP contribution in [0.15, 0.2) is 29.9 Å². The molecule has 2 saturated heterocycles. The second kappa shape index (κ2) is 7.40. The molecule has 4 rings (SSSR count). The molecule has 2 aromatic rings. The van der Waals surface area contributed by atoms with E-state index in [0.717, 1.165) is 51.2 Å². The van der Waals surface area contributed by atoms with Gasteiger partial charge in [0.15, 0.2) is 0 Å². The molecule has 0 amide bonds. The van der Waals surface area contributed by atoms with Crippen LogP contribution >= 0.6 is 11.3 Å². The van der Waals surface area contributed by atoms with Gasteiger partial charge in [0.25, 0.3) is 0 Å². The van der Waals surface area contributed by atoms with E-state index in [1.165, 1.54) is 4.88 Å². The fraction of sp³-hybridized carbons (Fsp3) is 0.579. The maximum absolute atomic E-state index is 6.14. The van der Waals surface area contributed by atoms with Crippen molar-refractivity contribution < 1.29 is 9.47 Å².